The highest BCUT2D eigenvalue weighted by Crippen LogP contribution is 2.45. The highest BCUT2D eigenvalue weighted by atomic mass is 31.2. The van der Waals surface area contributed by atoms with Gasteiger partial charge in [-0.05, 0) is 63.2 Å². The number of aliphatic hydroxyl groups excluding tert-OH is 1. The summed E-state index contributed by atoms with van der Waals surface area (Å²) in [5.74, 6) is -0.614. The van der Waals surface area contributed by atoms with Gasteiger partial charge in [0, 0.05) is 25.7 Å². The van der Waals surface area contributed by atoms with Crippen LogP contribution < -0.4 is 0 Å². The van der Waals surface area contributed by atoms with Crippen molar-refractivity contribution in [3.63, 3.8) is 0 Å². The molecular weight excluding hydrogens is 1220 g/mol. The van der Waals surface area contributed by atoms with Gasteiger partial charge < -0.3 is 33.8 Å². The normalized spacial score (nSPS) is 14.5. The zero-order chi connectivity index (χ0) is 68.6. The summed E-state index contributed by atoms with van der Waals surface area (Å²) in [4.78, 5) is 72.6. The molecule has 19 heteroatoms. The van der Waals surface area contributed by atoms with E-state index in [2.05, 4.69) is 65.8 Å². The molecule has 0 aliphatic heterocycles. The maximum absolute atomic E-state index is 13.1. The maximum atomic E-state index is 13.1. The number of carbonyl (C=O) groups is 4. The maximum Gasteiger partial charge on any atom is 0.472 e. The Balaban J connectivity index is 5.26. The minimum Gasteiger partial charge on any atom is -0.462 e. The number of esters is 4. The van der Waals surface area contributed by atoms with E-state index in [9.17, 15) is 43.2 Å². The molecule has 6 atom stereocenters. The third kappa shape index (κ3) is 66.6. The Morgan fingerprint density at radius 1 is 0.355 bits per heavy atom. The van der Waals surface area contributed by atoms with E-state index in [4.69, 9.17) is 37.0 Å². The van der Waals surface area contributed by atoms with Crippen molar-refractivity contribution >= 4 is 39.5 Å². The number of carbonyl (C=O) groups excluding carboxylic acids is 4. The minimum absolute atomic E-state index is 0.101. The van der Waals surface area contributed by atoms with Crippen LogP contribution in [0.5, 0.6) is 0 Å². The number of phosphoric ester groups is 2. The van der Waals surface area contributed by atoms with Crippen LogP contribution >= 0.6 is 15.6 Å². The van der Waals surface area contributed by atoms with E-state index < -0.39 is 97.5 Å². The van der Waals surface area contributed by atoms with Gasteiger partial charge in [0.2, 0.25) is 0 Å². The molecule has 548 valence electrons. The van der Waals surface area contributed by atoms with Gasteiger partial charge in [0.1, 0.15) is 19.3 Å². The molecule has 0 fully saturated rings. The predicted octanol–water partition coefficient (Wildman–Crippen LogP) is 21.1. The number of hydrogen-bond acceptors (Lipinski definition) is 15. The summed E-state index contributed by atoms with van der Waals surface area (Å²) >= 11 is 0. The Labute approximate surface area is 567 Å². The fourth-order valence-corrected chi connectivity index (χ4v) is 12.3. The van der Waals surface area contributed by atoms with Crippen LogP contribution in [0.25, 0.3) is 0 Å². The van der Waals surface area contributed by atoms with Gasteiger partial charge >= 0.3 is 39.5 Å². The van der Waals surface area contributed by atoms with Crippen molar-refractivity contribution in [1.82, 2.24) is 0 Å². The van der Waals surface area contributed by atoms with E-state index >= 15 is 0 Å². The van der Waals surface area contributed by atoms with Crippen molar-refractivity contribution < 1.29 is 80.2 Å². The molecule has 0 aromatic heterocycles. The lowest BCUT2D eigenvalue weighted by Gasteiger charge is -2.21. The molecule has 0 aliphatic carbocycles. The predicted molar refractivity (Wildman–Crippen MR) is 377 cm³/mol. The molecule has 93 heavy (non-hydrogen) atoms. The molecule has 0 spiro atoms. The molecule has 0 rings (SSSR count). The Morgan fingerprint density at radius 3 is 0.968 bits per heavy atom. The standard InChI is InChI=1S/C74H140O17P2/c1-7-10-12-14-16-18-20-21-22-26-29-33-39-45-51-57-72(77)85-62-69(90-73(78)58-52-46-40-34-30-27-24-23-25-28-31-37-43-49-55-67(6)9-3)64-88-92(80,81)86-60-68(75)61-87-93(82,83)89-65-70(91-74(79)59-53-47-41-35-36-42-48-54-66(4)5)63-84-71(76)56-50-44-38-32-19-17-15-13-11-8-2/h18,20-22,66-70,75H,7-17,19,23-65H2,1-6H3,(H,80,81)(H,82,83)/b20-18-,22-21-/t67?,68-,69-,70-/m1/s1. The first kappa shape index (κ1) is 90.5. The molecule has 3 N–H and O–H groups in total. The second-order valence-corrected chi connectivity index (χ2v) is 29.6. The lowest BCUT2D eigenvalue weighted by Crippen LogP contribution is -2.30. The van der Waals surface area contributed by atoms with Crippen LogP contribution in [0.3, 0.4) is 0 Å². The fraction of sp³-hybridized carbons (Fsp3) is 0.892. The first-order valence-corrected chi connectivity index (χ1v) is 40.8. The Kier molecular flexibility index (Phi) is 63.7. The van der Waals surface area contributed by atoms with Gasteiger partial charge in [-0.1, -0.05) is 303 Å². The van der Waals surface area contributed by atoms with Crippen LogP contribution in [0.2, 0.25) is 0 Å². The van der Waals surface area contributed by atoms with Crippen LogP contribution in [0.4, 0.5) is 0 Å². The summed E-state index contributed by atoms with van der Waals surface area (Å²) in [5.41, 5.74) is 0. The monoisotopic (exact) mass is 1360 g/mol. The van der Waals surface area contributed by atoms with Crippen LogP contribution in [0.1, 0.15) is 356 Å². The van der Waals surface area contributed by atoms with Gasteiger partial charge in [0.25, 0.3) is 0 Å². The lowest BCUT2D eigenvalue weighted by atomic mass is 9.99. The molecule has 0 saturated carbocycles. The van der Waals surface area contributed by atoms with Crippen molar-refractivity contribution in [3.05, 3.63) is 24.3 Å². The molecule has 0 amide bonds. The number of rotatable bonds is 71. The lowest BCUT2D eigenvalue weighted by molar-refractivity contribution is -0.161. The summed E-state index contributed by atoms with van der Waals surface area (Å²) in [6.45, 7) is 9.49. The zero-order valence-electron chi connectivity index (χ0n) is 60.0. The molecule has 17 nitrogen and oxygen atoms in total. The molecule has 0 bridgehead atoms. The number of phosphoric acid groups is 2. The number of ether oxygens (including phenoxy) is 4. The van der Waals surface area contributed by atoms with Crippen LogP contribution in [0.15, 0.2) is 24.3 Å². The van der Waals surface area contributed by atoms with Gasteiger partial charge in [-0.2, -0.15) is 0 Å². The SMILES string of the molecule is CCCCCC/C=C\C=C/CCCCCCCC(=O)OC[C@H](COP(=O)(O)OC[C@@H](O)COP(=O)(O)OC[C@@H](COC(=O)CCCCCCCCCCCC)OC(=O)CCCCCCCCCC(C)C)OC(=O)CCCCCCCCCCCCCCCCC(C)CC. The van der Waals surface area contributed by atoms with Crippen molar-refractivity contribution in [2.45, 2.75) is 374 Å². The zero-order valence-corrected chi connectivity index (χ0v) is 61.8. The summed E-state index contributed by atoms with van der Waals surface area (Å²) in [5, 5.41) is 10.6. The molecule has 0 aromatic rings. The van der Waals surface area contributed by atoms with Crippen LogP contribution in [-0.4, -0.2) is 96.7 Å². The van der Waals surface area contributed by atoms with Crippen molar-refractivity contribution in [1.29, 1.82) is 0 Å². The number of aliphatic hydroxyl groups is 1. The summed E-state index contributed by atoms with van der Waals surface area (Å²) in [6, 6.07) is 0. The molecule has 0 aliphatic rings. The Hall–Kier alpha value is -2.46. The minimum atomic E-state index is -4.96. The van der Waals surface area contributed by atoms with Crippen molar-refractivity contribution in [3.8, 4) is 0 Å². The van der Waals surface area contributed by atoms with E-state index in [-0.39, 0.29) is 25.7 Å². The molecule has 0 heterocycles. The highest BCUT2D eigenvalue weighted by molar-refractivity contribution is 7.47. The van der Waals surface area contributed by atoms with E-state index in [0.29, 0.717) is 31.6 Å². The number of unbranched alkanes of at least 4 members (excludes halogenated alkanes) is 37. The summed E-state index contributed by atoms with van der Waals surface area (Å²) < 4.78 is 68.3. The average molecular weight is 1360 g/mol. The average Bonchev–Trinajstić information content (AvgIpc) is 2.21. The summed E-state index contributed by atoms with van der Waals surface area (Å²) in [6.07, 6.45) is 54.9. The van der Waals surface area contributed by atoms with E-state index in [0.717, 1.165) is 115 Å². The van der Waals surface area contributed by atoms with Gasteiger partial charge in [0.15, 0.2) is 12.2 Å². The molecule has 0 saturated heterocycles. The van der Waals surface area contributed by atoms with E-state index in [1.807, 2.05) is 0 Å². The third-order valence-corrected chi connectivity index (χ3v) is 18.8. The summed E-state index contributed by atoms with van der Waals surface area (Å²) in [7, 11) is -9.92. The quantitative estimate of drug-likeness (QED) is 0.0169. The van der Waals surface area contributed by atoms with Crippen molar-refractivity contribution in [2.24, 2.45) is 11.8 Å². The molecule has 0 radical (unpaired) electrons. The largest absolute Gasteiger partial charge is 0.472 e. The third-order valence-electron chi connectivity index (χ3n) is 16.9. The van der Waals surface area contributed by atoms with Crippen LogP contribution in [0, 0.1) is 11.8 Å². The Bertz CT molecular complexity index is 1900. The molecular formula is C74H140O17P2. The van der Waals surface area contributed by atoms with Crippen LogP contribution in [-0.2, 0) is 65.4 Å². The number of allylic oxidation sites excluding steroid dienone is 4. The van der Waals surface area contributed by atoms with Gasteiger partial charge in [0.05, 0.1) is 26.4 Å². The molecule has 3 unspecified atom stereocenters. The first-order valence-electron chi connectivity index (χ1n) is 37.8. The topological polar surface area (TPSA) is 237 Å². The van der Waals surface area contributed by atoms with Gasteiger partial charge in [-0.15, -0.1) is 0 Å². The first-order chi connectivity index (χ1) is 44.9. The molecule has 0 aromatic carbocycles. The van der Waals surface area contributed by atoms with E-state index in [1.54, 1.807) is 0 Å². The second kappa shape index (κ2) is 65.5. The smallest absolute Gasteiger partial charge is 0.462 e. The fourth-order valence-electron chi connectivity index (χ4n) is 10.7. The second-order valence-electron chi connectivity index (χ2n) is 26.7. The number of hydrogen-bond donors (Lipinski definition) is 3. The Morgan fingerprint density at radius 2 is 0.634 bits per heavy atom. The van der Waals surface area contributed by atoms with Gasteiger partial charge in [-0.3, -0.25) is 37.3 Å². The highest BCUT2D eigenvalue weighted by Gasteiger charge is 2.30. The van der Waals surface area contributed by atoms with Crippen molar-refractivity contribution in [2.75, 3.05) is 39.6 Å². The van der Waals surface area contributed by atoms with Gasteiger partial charge in [-0.25, -0.2) is 9.13 Å². The van der Waals surface area contributed by atoms with E-state index in [1.165, 1.54) is 154 Å².